The first kappa shape index (κ1) is 16.7. The van der Waals surface area contributed by atoms with Crippen molar-refractivity contribution in [2.75, 3.05) is 12.0 Å². The van der Waals surface area contributed by atoms with Gasteiger partial charge >= 0.3 is 5.97 Å². The van der Waals surface area contributed by atoms with Gasteiger partial charge in [-0.05, 0) is 24.5 Å². The van der Waals surface area contributed by atoms with E-state index in [1.54, 1.807) is 0 Å². The number of anilines is 1. The third-order valence-corrected chi connectivity index (χ3v) is 5.02. The molecule has 1 aliphatic heterocycles. The lowest BCUT2D eigenvalue weighted by molar-refractivity contribution is -0.135. The lowest BCUT2D eigenvalue weighted by Gasteiger charge is -2.25. The average molecular weight is 337 g/mol. The van der Waals surface area contributed by atoms with E-state index in [9.17, 15) is 4.79 Å². The SMILES string of the molecule is CCc1cccc(-c2ccccc2)c1N1[C]SC(C(=O)OC)=C1C. The number of allylic oxidation sites excluding steroid dienone is 1. The number of thioether (sulfide) groups is 1. The van der Waals surface area contributed by atoms with Gasteiger partial charge in [0.05, 0.1) is 12.8 Å². The van der Waals surface area contributed by atoms with Crippen molar-refractivity contribution in [3.05, 3.63) is 70.6 Å². The Morgan fingerprint density at radius 3 is 2.58 bits per heavy atom. The summed E-state index contributed by atoms with van der Waals surface area (Å²) >= 11 is 1.29. The molecule has 2 aromatic carbocycles. The first-order valence-electron chi connectivity index (χ1n) is 7.86. The molecule has 0 unspecified atom stereocenters. The molecule has 122 valence electrons. The molecule has 4 heteroatoms. The van der Waals surface area contributed by atoms with Crippen LogP contribution in [0.4, 0.5) is 5.69 Å². The fraction of sp³-hybridized carbons (Fsp3) is 0.200. The summed E-state index contributed by atoms with van der Waals surface area (Å²) in [6, 6.07) is 16.6. The number of hydrogen-bond donors (Lipinski definition) is 0. The molecule has 0 saturated heterocycles. The van der Waals surface area contributed by atoms with E-state index < -0.39 is 0 Å². The van der Waals surface area contributed by atoms with Crippen LogP contribution in [0.3, 0.4) is 0 Å². The molecule has 0 spiro atoms. The highest BCUT2D eigenvalue weighted by atomic mass is 32.2. The highest BCUT2D eigenvalue weighted by Crippen LogP contribution is 2.44. The first-order chi connectivity index (χ1) is 11.7. The monoisotopic (exact) mass is 337 g/mol. The van der Waals surface area contributed by atoms with Gasteiger partial charge in [-0.1, -0.05) is 67.2 Å². The van der Waals surface area contributed by atoms with Crippen LogP contribution in [0.5, 0.6) is 0 Å². The summed E-state index contributed by atoms with van der Waals surface area (Å²) in [4.78, 5) is 14.5. The molecule has 0 saturated carbocycles. The fourth-order valence-electron chi connectivity index (χ4n) is 2.82. The minimum absolute atomic E-state index is 0.317. The lowest BCUT2D eigenvalue weighted by atomic mass is 9.97. The summed E-state index contributed by atoms with van der Waals surface area (Å²) in [7, 11) is 1.40. The molecule has 0 amide bonds. The van der Waals surface area contributed by atoms with Crippen molar-refractivity contribution in [2.24, 2.45) is 0 Å². The van der Waals surface area contributed by atoms with Crippen LogP contribution in [-0.4, -0.2) is 13.1 Å². The summed E-state index contributed by atoms with van der Waals surface area (Å²) in [5.41, 5.74) is 5.43. The van der Waals surface area contributed by atoms with Crippen LogP contribution >= 0.6 is 11.8 Å². The summed E-state index contributed by atoms with van der Waals surface area (Å²) in [6.07, 6.45) is 0.902. The van der Waals surface area contributed by atoms with Gasteiger partial charge in [0.1, 0.15) is 4.91 Å². The molecule has 1 heterocycles. The van der Waals surface area contributed by atoms with E-state index in [0.717, 1.165) is 28.9 Å². The zero-order chi connectivity index (χ0) is 17.1. The van der Waals surface area contributed by atoms with Crippen LogP contribution in [0, 0.1) is 5.88 Å². The largest absolute Gasteiger partial charge is 0.465 e. The second kappa shape index (κ2) is 7.14. The van der Waals surface area contributed by atoms with Crippen molar-refractivity contribution in [3.63, 3.8) is 0 Å². The highest BCUT2D eigenvalue weighted by Gasteiger charge is 2.30. The van der Waals surface area contributed by atoms with E-state index in [1.807, 2.05) is 30.0 Å². The molecule has 0 fully saturated rings. The third-order valence-electron chi connectivity index (χ3n) is 4.08. The number of para-hydroxylation sites is 1. The summed E-state index contributed by atoms with van der Waals surface area (Å²) in [5.74, 6) is 2.93. The van der Waals surface area contributed by atoms with Gasteiger partial charge in [-0.3, -0.25) is 0 Å². The molecule has 3 rings (SSSR count). The standard InChI is InChI=1S/C20H19NO2S/c1-4-15-11-8-12-17(16-9-6-5-7-10-16)18(15)21-13-24-19(14(21)2)20(22)23-3/h5-12H,4H2,1-3H3. The van der Waals surface area contributed by atoms with Crippen LogP contribution < -0.4 is 4.90 Å². The zero-order valence-electron chi connectivity index (χ0n) is 14.0. The molecule has 1 aliphatic rings. The quantitative estimate of drug-likeness (QED) is 0.745. The average Bonchev–Trinajstić information content (AvgIpc) is 3.02. The molecule has 0 N–H and O–H groups in total. The summed E-state index contributed by atoms with van der Waals surface area (Å²) in [6.45, 7) is 4.07. The first-order valence-corrected chi connectivity index (χ1v) is 8.68. The Morgan fingerprint density at radius 1 is 1.17 bits per heavy atom. The fourth-order valence-corrected chi connectivity index (χ4v) is 3.64. The number of nitrogens with zero attached hydrogens (tertiary/aromatic N) is 1. The molecular formula is C20H19NO2S. The second-order valence-electron chi connectivity index (χ2n) is 5.47. The highest BCUT2D eigenvalue weighted by molar-refractivity contribution is 8.06. The van der Waals surface area contributed by atoms with Crippen molar-refractivity contribution < 1.29 is 9.53 Å². The Morgan fingerprint density at radius 2 is 1.92 bits per heavy atom. The van der Waals surface area contributed by atoms with Crippen molar-refractivity contribution in [1.29, 1.82) is 0 Å². The van der Waals surface area contributed by atoms with Gasteiger partial charge in [0.2, 0.25) is 0 Å². The molecule has 0 atom stereocenters. The number of ether oxygens (including phenoxy) is 1. The van der Waals surface area contributed by atoms with Gasteiger partial charge < -0.3 is 9.64 Å². The number of benzene rings is 2. The number of carbonyl (C=O) groups excluding carboxylic acids is 1. The van der Waals surface area contributed by atoms with Crippen molar-refractivity contribution in [2.45, 2.75) is 20.3 Å². The van der Waals surface area contributed by atoms with Gasteiger partial charge in [-0.25, -0.2) is 4.79 Å². The molecule has 2 aromatic rings. The Bertz CT molecular complexity index is 783. The molecule has 0 bridgehead atoms. The van der Waals surface area contributed by atoms with E-state index >= 15 is 0 Å². The van der Waals surface area contributed by atoms with E-state index in [-0.39, 0.29) is 5.97 Å². The predicted octanol–water partition coefficient (Wildman–Crippen LogP) is 4.87. The number of carbonyl (C=O) groups is 1. The van der Waals surface area contributed by atoms with E-state index in [0.29, 0.717) is 4.91 Å². The topological polar surface area (TPSA) is 29.5 Å². The van der Waals surface area contributed by atoms with Gasteiger partial charge in [0.15, 0.2) is 5.88 Å². The maximum atomic E-state index is 11.9. The smallest absolute Gasteiger partial charge is 0.346 e. The van der Waals surface area contributed by atoms with Crippen LogP contribution in [-0.2, 0) is 16.0 Å². The number of esters is 1. The van der Waals surface area contributed by atoms with Gasteiger partial charge in [0, 0.05) is 11.3 Å². The van der Waals surface area contributed by atoms with E-state index in [4.69, 9.17) is 4.74 Å². The molecule has 24 heavy (non-hydrogen) atoms. The maximum Gasteiger partial charge on any atom is 0.346 e. The molecular weight excluding hydrogens is 318 g/mol. The Kier molecular flexibility index (Phi) is 4.95. The van der Waals surface area contributed by atoms with Gasteiger partial charge in [0.25, 0.3) is 0 Å². The lowest BCUT2D eigenvalue weighted by Crippen LogP contribution is -2.16. The Hall–Kier alpha value is -2.20. The zero-order valence-corrected chi connectivity index (χ0v) is 14.8. The normalized spacial score (nSPS) is 14.2. The van der Waals surface area contributed by atoms with Crippen LogP contribution in [0.15, 0.2) is 59.1 Å². The summed E-state index contributed by atoms with van der Waals surface area (Å²) < 4.78 is 4.88. The maximum absolute atomic E-state index is 11.9. The molecule has 0 aliphatic carbocycles. The van der Waals surface area contributed by atoms with Crippen LogP contribution in [0.1, 0.15) is 19.4 Å². The Balaban J connectivity index is 2.14. The molecule has 0 aromatic heterocycles. The number of rotatable bonds is 4. The van der Waals surface area contributed by atoms with Crippen LogP contribution in [0.25, 0.3) is 11.1 Å². The number of aryl methyl sites for hydroxylation is 1. The number of hydrogen-bond acceptors (Lipinski definition) is 4. The Labute approximate surface area is 147 Å². The van der Waals surface area contributed by atoms with E-state index in [1.165, 1.54) is 24.4 Å². The minimum Gasteiger partial charge on any atom is -0.465 e. The number of methoxy groups -OCH3 is 1. The van der Waals surface area contributed by atoms with Crippen LogP contribution in [0.2, 0.25) is 0 Å². The van der Waals surface area contributed by atoms with Gasteiger partial charge in [-0.2, -0.15) is 0 Å². The van der Waals surface area contributed by atoms with Crippen molar-refractivity contribution >= 4 is 23.4 Å². The molecule has 2 radical (unpaired) electrons. The second-order valence-corrected chi connectivity index (χ2v) is 6.26. The van der Waals surface area contributed by atoms with Crippen molar-refractivity contribution in [3.8, 4) is 11.1 Å². The van der Waals surface area contributed by atoms with E-state index in [2.05, 4.69) is 43.1 Å². The molecule has 3 nitrogen and oxygen atoms in total. The van der Waals surface area contributed by atoms with Crippen molar-refractivity contribution in [1.82, 2.24) is 0 Å². The predicted molar refractivity (Wildman–Crippen MR) is 99.3 cm³/mol. The minimum atomic E-state index is -0.317. The third kappa shape index (κ3) is 2.94. The summed E-state index contributed by atoms with van der Waals surface area (Å²) in [5, 5.41) is 0. The van der Waals surface area contributed by atoms with Gasteiger partial charge in [-0.15, -0.1) is 0 Å².